The second-order valence-corrected chi connectivity index (χ2v) is 7.41. The van der Waals surface area contributed by atoms with E-state index in [0.717, 1.165) is 23.5 Å². The number of carbonyl (C=O) groups is 1. The normalized spacial score (nSPS) is 13.9. The Kier molecular flexibility index (Phi) is 5.75. The molecule has 1 fully saturated rings. The molecular formula is C22H22F2N6O. The molecule has 3 aromatic rings. The molecule has 1 aliphatic rings. The van der Waals surface area contributed by atoms with Crippen LogP contribution in [0.15, 0.2) is 42.6 Å². The predicted octanol–water partition coefficient (Wildman–Crippen LogP) is 3.47. The Morgan fingerprint density at radius 1 is 0.968 bits per heavy atom. The van der Waals surface area contributed by atoms with E-state index in [1.165, 1.54) is 6.07 Å². The van der Waals surface area contributed by atoms with Crippen LogP contribution in [0.5, 0.6) is 0 Å². The van der Waals surface area contributed by atoms with Crippen LogP contribution in [0.2, 0.25) is 0 Å². The highest BCUT2D eigenvalue weighted by Crippen LogP contribution is 2.21. The Balaban J connectivity index is 1.45. The number of rotatable bonds is 4. The van der Waals surface area contributed by atoms with E-state index >= 15 is 0 Å². The number of aryl methyl sites for hydroxylation is 2. The van der Waals surface area contributed by atoms with Crippen LogP contribution in [0.1, 0.15) is 21.7 Å². The molecule has 1 saturated heterocycles. The van der Waals surface area contributed by atoms with Gasteiger partial charge in [-0.05, 0) is 43.7 Å². The van der Waals surface area contributed by atoms with E-state index in [1.54, 1.807) is 11.1 Å². The van der Waals surface area contributed by atoms with E-state index < -0.39 is 17.5 Å². The molecule has 0 unspecified atom stereocenters. The minimum absolute atomic E-state index is 0.120. The maximum Gasteiger partial charge on any atom is 0.256 e. The molecule has 0 bridgehead atoms. The highest BCUT2D eigenvalue weighted by molar-refractivity contribution is 5.94. The Bertz CT molecular complexity index is 1110. The molecule has 0 spiro atoms. The maximum absolute atomic E-state index is 14.0. The van der Waals surface area contributed by atoms with E-state index in [1.807, 2.05) is 36.9 Å². The fourth-order valence-corrected chi connectivity index (χ4v) is 3.49. The van der Waals surface area contributed by atoms with Gasteiger partial charge < -0.3 is 15.1 Å². The van der Waals surface area contributed by atoms with Gasteiger partial charge in [-0.15, -0.1) is 0 Å². The standard InChI is InChI=1S/C22H22F2N6O/c1-14-5-6-25-19(11-14)28-20-13-21(27-15(2)26-20)29-7-9-30(10-8-29)22(31)17-4-3-16(23)12-18(17)24/h3-6,11-13H,7-10H2,1-2H3,(H,25,26,27,28). The number of nitrogens with one attached hydrogen (secondary N) is 1. The van der Waals surface area contributed by atoms with Gasteiger partial charge in [0.15, 0.2) is 0 Å². The SMILES string of the molecule is Cc1ccnc(Nc2cc(N3CCN(C(=O)c4ccc(F)cc4F)CC3)nc(C)n2)c1. The van der Waals surface area contributed by atoms with Crippen LogP contribution in [0, 0.1) is 25.5 Å². The molecular weight excluding hydrogens is 402 g/mol. The van der Waals surface area contributed by atoms with Crippen LogP contribution < -0.4 is 10.2 Å². The van der Waals surface area contributed by atoms with Crippen molar-refractivity contribution in [2.45, 2.75) is 13.8 Å². The van der Waals surface area contributed by atoms with Crippen molar-refractivity contribution in [1.82, 2.24) is 19.9 Å². The van der Waals surface area contributed by atoms with E-state index in [-0.39, 0.29) is 5.56 Å². The van der Waals surface area contributed by atoms with Gasteiger partial charge in [0.2, 0.25) is 0 Å². The molecule has 0 saturated carbocycles. The number of hydrogen-bond acceptors (Lipinski definition) is 6. The molecule has 4 rings (SSSR count). The van der Waals surface area contributed by atoms with Gasteiger partial charge in [0.1, 0.15) is 34.9 Å². The van der Waals surface area contributed by atoms with E-state index in [4.69, 9.17) is 0 Å². The summed E-state index contributed by atoms with van der Waals surface area (Å²) in [6.07, 6.45) is 1.73. The van der Waals surface area contributed by atoms with Crippen LogP contribution in [0.3, 0.4) is 0 Å². The summed E-state index contributed by atoms with van der Waals surface area (Å²) >= 11 is 0. The summed E-state index contributed by atoms with van der Waals surface area (Å²) in [5.74, 6) is 0.682. The number of hydrogen-bond donors (Lipinski definition) is 1. The summed E-state index contributed by atoms with van der Waals surface area (Å²) in [4.78, 5) is 29.5. The van der Waals surface area contributed by atoms with Crippen molar-refractivity contribution in [2.24, 2.45) is 0 Å². The minimum Gasteiger partial charge on any atom is -0.353 e. The first kappa shape index (κ1) is 20.6. The smallest absolute Gasteiger partial charge is 0.256 e. The van der Waals surface area contributed by atoms with E-state index in [9.17, 15) is 13.6 Å². The van der Waals surface area contributed by atoms with Crippen molar-refractivity contribution in [1.29, 1.82) is 0 Å². The molecule has 9 heteroatoms. The first-order valence-electron chi connectivity index (χ1n) is 9.94. The fourth-order valence-electron chi connectivity index (χ4n) is 3.49. The molecule has 0 aliphatic carbocycles. The zero-order chi connectivity index (χ0) is 22.0. The average molecular weight is 424 g/mol. The van der Waals surface area contributed by atoms with Crippen LogP contribution >= 0.6 is 0 Å². The summed E-state index contributed by atoms with van der Waals surface area (Å²) in [5, 5.41) is 3.20. The monoisotopic (exact) mass is 424 g/mol. The highest BCUT2D eigenvalue weighted by Gasteiger charge is 2.25. The Hall–Kier alpha value is -3.62. The van der Waals surface area contributed by atoms with Gasteiger partial charge in [0.25, 0.3) is 5.91 Å². The Morgan fingerprint density at radius 2 is 1.74 bits per heavy atom. The second-order valence-electron chi connectivity index (χ2n) is 7.41. The number of piperazine rings is 1. The quantitative estimate of drug-likeness (QED) is 0.691. The topological polar surface area (TPSA) is 74.2 Å². The molecule has 1 aromatic carbocycles. The lowest BCUT2D eigenvalue weighted by Crippen LogP contribution is -2.49. The van der Waals surface area contributed by atoms with Crippen molar-refractivity contribution in [3.05, 3.63) is 71.2 Å². The summed E-state index contributed by atoms with van der Waals surface area (Å²) in [6, 6.07) is 8.69. The van der Waals surface area contributed by atoms with Crippen LogP contribution in [-0.2, 0) is 0 Å². The first-order chi connectivity index (χ1) is 14.9. The maximum atomic E-state index is 14.0. The molecule has 0 radical (unpaired) electrons. The Morgan fingerprint density at radius 3 is 2.45 bits per heavy atom. The number of nitrogens with zero attached hydrogens (tertiary/aromatic N) is 5. The minimum atomic E-state index is -0.848. The number of halogens is 2. The van der Waals surface area contributed by atoms with Gasteiger partial charge in [-0.1, -0.05) is 0 Å². The molecule has 1 amide bonds. The lowest BCUT2D eigenvalue weighted by Gasteiger charge is -2.35. The van der Waals surface area contributed by atoms with Crippen LogP contribution in [0.25, 0.3) is 0 Å². The molecule has 3 heterocycles. The van der Waals surface area contributed by atoms with Gasteiger partial charge in [0, 0.05) is 44.5 Å². The first-order valence-corrected chi connectivity index (χ1v) is 9.94. The summed E-state index contributed by atoms with van der Waals surface area (Å²) < 4.78 is 27.1. The molecule has 0 atom stereocenters. The van der Waals surface area contributed by atoms with Gasteiger partial charge in [-0.3, -0.25) is 4.79 Å². The van der Waals surface area contributed by atoms with Gasteiger partial charge >= 0.3 is 0 Å². The zero-order valence-electron chi connectivity index (χ0n) is 17.3. The van der Waals surface area contributed by atoms with Crippen molar-refractivity contribution in [3.8, 4) is 0 Å². The van der Waals surface area contributed by atoms with Gasteiger partial charge in [-0.2, -0.15) is 0 Å². The predicted molar refractivity (Wildman–Crippen MR) is 114 cm³/mol. The number of amides is 1. The zero-order valence-corrected chi connectivity index (χ0v) is 17.3. The second kappa shape index (κ2) is 8.63. The molecule has 31 heavy (non-hydrogen) atoms. The highest BCUT2D eigenvalue weighted by atomic mass is 19.1. The third kappa shape index (κ3) is 4.76. The number of carbonyl (C=O) groups excluding carboxylic acids is 1. The Labute approximate surface area is 178 Å². The molecule has 2 aromatic heterocycles. The van der Waals surface area contributed by atoms with Crippen LogP contribution in [-0.4, -0.2) is 51.9 Å². The third-order valence-corrected chi connectivity index (χ3v) is 5.05. The summed E-state index contributed by atoms with van der Waals surface area (Å²) in [7, 11) is 0. The lowest BCUT2D eigenvalue weighted by molar-refractivity contribution is 0.0741. The van der Waals surface area contributed by atoms with Crippen molar-refractivity contribution in [2.75, 3.05) is 36.4 Å². The average Bonchev–Trinajstić information content (AvgIpc) is 2.73. The van der Waals surface area contributed by atoms with Crippen molar-refractivity contribution >= 4 is 23.4 Å². The number of aromatic nitrogens is 3. The number of pyridine rings is 1. The summed E-state index contributed by atoms with van der Waals surface area (Å²) in [5.41, 5.74) is 0.965. The molecule has 1 N–H and O–H groups in total. The largest absolute Gasteiger partial charge is 0.353 e. The van der Waals surface area contributed by atoms with Crippen molar-refractivity contribution < 1.29 is 13.6 Å². The van der Waals surface area contributed by atoms with Gasteiger partial charge in [0.05, 0.1) is 5.56 Å². The lowest BCUT2D eigenvalue weighted by atomic mass is 10.1. The van der Waals surface area contributed by atoms with Crippen molar-refractivity contribution in [3.63, 3.8) is 0 Å². The van der Waals surface area contributed by atoms with Gasteiger partial charge in [-0.25, -0.2) is 23.7 Å². The van der Waals surface area contributed by atoms with E-state index in [2.05, 4.69) is 20.3 Å². The summed E-state index contributed by atoms with van der Waals surface area (Å²) in [6.45, 7) is 5.68. The fraction of sp³-hybridized carbons (Fsp3) is 0.273. The molecule has 7 nitrogen and oxygen atoms in total. The van der Waals surface area contributed by atoms with E-state index in [0.29, 0.717) is 43.6 Å². The number of benzene rings is 1. The number of anilines is 3. The third-order valence-electron chi connectivity index (χ3n) is 5.05. The molecule has 160 valence electrons. The molecule has 1 aliphatic heterocycles. The van der Waals surface area contributed by atoms with Crippen LogP contribution in [0.4, 0.5) is 26.2 Å².